The molecule has 1 fully saturated rings. The van der Waals surface area contributed by atoms with Crippen molar-refractivity contribution in [3.63, 3.8) is 0 Å². The van der Waals surface area contributed by atoms with Crippen LogP contribution in [0.1, 0.15) is 27.2 Å². The van der Waals surface area contributed by atoms with Gasteiger partial charge in [-0.3, -0.25) is 0 Å². The molecule has 2 N–H and O–H groups in total. The topological polar surface area (TPSA) is 49.7 Å². The summed E-state index contributed by atoms with van der Waals surface area (Å²) >= 11 is 0. The van der Waals surface area contributed by atoms with Crippen LogP contribution in [0.2, 0.25) is 0 Å². The summed E-state index contributed by atoms with van der Waals surface area (Å²) in [5.41, 5.74) is 0. The van der Waals surface area contributed by atoms with Crippen LogP contribution in [0.5, 0.6) is 0 Å². The first-order valence-corrected chi connectivity index (χ1v) is 4.59. The van der Waals surface area contributed by atoms with Gasteiger partial charge >= 0.3 is 0 Å². The second-order valence-electron chi connectivity index (χ2n) is 3.68. The largest absolute Gasteiger partial charge is 0.392 e. The normalized spacial score (nSPS) is 49.2. The summed E-state index contributed by atoms with van der Waals surface area (Å²) in [5, 5.41) is 19.1. The molecule has 3 nitrogen and oxygen atoms in total. The molecule has 0 radical (unpaired) electrons. The van der Waals surface area contributed by atoms with Gasteiger partial charge in [0.15, 0.2) is 6.29 Å². The molecule has 1 saturated heterocycles. The molecule has 0 bridgehead atoms. The van der Waals surface area contributed by atoms with Crippen LogP contribution in [0.4, 0.5) is 0 Å². The van der Waals surface area contributed by atoms with Crippen molar-refractivity contribution in [3.8, 4) is 0 Å². The lowest BCUT2D eigenvalue weighted by molar-refractivity contribution is -0.241. The van der Waals surface area contributed by atoms with Crippen LogP contribution in [0.25, 0.3) is 0 Å². The van der Waals surface area contributed by atoms with Gasteiger partial charge < -0.3 is 14.9 Å². The van der Waals surface area contributed by atoms with Gasteiger partial charge in [0.25, 0.3) is 0 Å². The molecule has 0 aromatic rings. The zero-order valence-corrected chi connectivity index (χ0v) is 7.90. The Bertz CT molecular complexity index is 144. The molecule has 5 unspecified atom stereocenters. The van der Waals surface area contributed by atoms with Crippen molar-refractivity contribution in [1.29, 1.82) is 0 Å². The second kappa shape index (κ2) is 3.73. The molecule has 0 aliphatic carbocycles. The molecule has 1 aliphatic rings. The molecule has 5 atom stereocenters. The molecule has 0 spiro atoms. The minimum Gasteiger partial charge on any atom is -0.392 e. The van der Waals surface area contributed by atoms with E-state index in [-0.39, 0.29) is 17.9 Å². The van der Waals surface area contributed by atoms with Crippen molar-refractivity contribution in [3.05, 3.63) is 0 Å². The first kappa shape index (κ1) is 9.96. The lowest BCUT2D eigenvalue weighted by Crippen LogP contribution is -2.48. The molecule has 3 heteroatoms. The van der Waals surface area contributed by atoms with Gasteiger partial charge in [0.1, 0.15) is 0 Å². The molecule has 1 heterocycles. The van der Waals surface area contributed by atoms with Crippen LogP contribution < -0.4 is 0 Å². The average molecular weight is 174 g/mol. The molecule has 0 amide bonds. The second-order valence-corrected chi connectivity index (χ2v) is 3.68. The van der Waals surface area contributed by atoms with Crippen molar-refractivity contribution in [2.45, 2.75) is 45.7 Å². The highest BCUT2D eigenvalue weighted by atomic mass is 16.6. The van der Waals surface area contributed by atoms with E-state index in [0.29, 0.717) is 0 Å². The third kappa shape index (κ3) is 1.63. The van der Waals surface area contributed by atoms with Crippen LogP contribution in [0, 0.1) is 11.8 Å². The highest BCUT2D eigenvalue weighted by Crippen LogP contribution is 2.30. The maximum Gasteiger partial charge on any atom is 0.159 e. The minimum atomic E-state index is -0.804. The van der Waals surface area contributed by atoms with Crippen molar-refractivity contribution in [2.75, 3.05) is 0 Å². The van der Waals surface area contributed by atoms with Crippen molar-refractivity contribution in [1.82, 2.24) is 0 Å². The van der Waals surface area contributed by atoms with Crippen molar-refractivity contribution in [2.24, 2.45) is 11.8 Å². The molecule has 1 rings (SSSR count). The molecule has 12 heavy (non-hydrogen) atoms. The van der Waals surface area contributed by atoms with Crippen LogP contribution in [0.15, 0.2) is 0 Å². The van der Waals surface area contributed by atoms with E-state index in [1.807, 2.05) is 13.8 Å². The number of aliphatic hydroxyl groups excluding tert-OH is 2. The van der Waals surface area contributed by atoms with Gasteiger partial charge in [0.05, 0.1) is 12.2 Å². The van der Waals surface area contributed by atoms with Gasteiger partial charge in [0.2, 0.25) is 0 Å². The van der Waals surface area contributed by atoms with Gasteiger partial charge in [-0.1, -0.05) is 20.8 Å². The Labute approximate surface area is 73.4 Å². The lowest BCUT2D eigenvalue weighted by atomic mass is 9.85. The number of aliphatic hydroxyl groups is 2. The van der Waals surface area contributed by atoms with Gasteiger partial charge in [-0.2, -0.15) is 0 Å². The lowest BCUT2D eigenvalue weighted by Gasteiger charge is -2.40. The van der Waals surface area contributed by atoms with E-state index in [1.54, 1.807) is 6.92 Å². The summed E-state index contributed by atoms with van der Waals surface area (Å²) in [4.78, 5) is 0. The quantitative estimate of drug-likeness (QED) is 0.616. The van der Waals surface area contributed by atoms with Crippen molar-refractivity contribution < 1.29 is 14.9 Å². The molecule has 0 aromatic carbocycles. The van der Waals surface area contributed by atoms with Crippen LogP contribution in [-0.2, 0) is 4.74 Å². The minimum absolute atomic E-state index is 0.00815. The number of hydrogen-bond donors (Lipinski definition) is 2. The first-order chi connectivity index (χ1) is 5.57. The summed E-state index contributed by atoms with van der Waals surface area (Å²) in [6, 6.07) is 0. The van der Waals surface area contributed by atoms with E-state index in [0.717, 1.165) is 6.42 Å². The van der Waals surface area contributed by atoms with Gasteiger partial charge in [0, 0.05) is 11.8 Å². The first-order valence-electron chi connectivity index (χ1n) is 4.59. The van der Waals surface area contributed by atoms with Gasteiger partial charge in [-0.15, -0.1) is 0 Å². The van der Waals surface area contributed by atoms with E-state index in [1.165, 1.54) is 0 Å². The number of hydrogen-bond acceptors (Lipinski definition) is 3. The fourth-order valence-corrected chi connectivity index (χ4v) is 1.76. The fraction of sp³-hybridized carbons (Fsp3) is 1.00. The fourth-order valence-electron chi connectivity index (χ4n) is 1.76. The number of rotatable bonds is 1. The Balaban J connectivity index is 2.63. The summed E-state index contributed by atoms with van der Waals surface area (Å²) < 4.78 is 5.33. The predicted molar refractivity (Wildman–Crippen MR) is 45.5 cm³/mol. The van der Waals surface area contributed by atoms with Crippen LogP contribution in [0.3, 0.4) is 0 Å². The molecule has 1 aliphatic heterocycles. The zero-order valence-electron chi connectivity index (χ0n) is 7.90. The summed E-state index contributed by atoms with van der Waals surface area (Å²) in [6.45, 7) is 5.76. The summed E-state index contributed by atoms with van der Waals surface area (Å²) in [6.07, 6.45) is -0.423. The SMILES string of the molecule is CCC1OC(O)C(C)C(O)C1C. The maximum atomic E-state index is 9.68. The zero-order chi connectivity index (χ0) is 9.30. The average Bonchev–Trinajstić information content (AvgIpc) is 2.08. The van der Waals surface area contributed by atoms with Crippen LogP contribution >= 0.6 is 0 Å². The van der Waals surface area contributed by atoms with Gasteiger partial charge in [-0.05, 0) is 6.42 Å². The third-order valence-electron chi connectivity index (χ3n) is 2.83. The predicted octanol–water partition coefficient (Wildman–Crippen LogP) is 0.747. The Morgan fingerprint density at radius 2 is 1.75 bits per heavy atom. The Hall–Kier alpha value is -0.120. The molecular weight excluding hydrogens is 156 g/mol. The van der Waals surface area contributed by atoms with E-state index >= 15 is 0 Å². The van der Waals surface area contributed by atoms with E-state index in [2.05, 4.69) is 0 Å². The molecule has 0 aromatic heterocycles. The third-order valence-corrected chi connectivity index (χ3v) is 2.83. The van der Waals surface area contributed by atoms with E-state index in [9.17, 15) is 10.2 Å². The molecular formula is C9H18O3. The van der Waals surface area contributed by atoms with E-state index < -0.39 is 12.4 Å². The Kier molecular flexibility index (Phi) is 3.09. The molecule has 0 saturated carbocycles. The highest BCUT2D eigenvalue weighted by molar-refractivity contribution is 4.83. The Morgan fingerprint density at radius 1 is 1.17 bits per heavy atom. The summed E-state index contributed by atoms with van der Waals surface area (Å²) in [5.74, 6) is -0.0591. The maximum absolute atomic E-state index is 9.68. The van der Waals surface area contributed by atoms with Gasteiger partial charge in [-0.25, -0.2) is 0 Å². The monoisotopic (exact) mass is 174 g/mol. The molecule has 72 valence electrons. The Morgan fingerprint density at radius 3 is 2.25 bits per heavy atom. The summed E-state index contributed by atoms with van der Waals surface area (Å²) in [7, 11) is 0. The highest BCUT2D eigenvalue weighted by Gasteiger charge is 2.38. The van der Waals surface area contributed by atoms with Crippen LogP contribution in [-0.4, -0.2) is 28.7 Å². The van der Waals surface area contributed by atoms with E-state index in [4.69, 9.17) is 4.74 Å². The standard InChI is InChI=1S/C9H18O3/c1-4-7-5(2)8(10)6(3)9(11)12-7/h5-11H,4H2,1-3H3. The smallest absolute Gasteiger partial charge is 0.159 e. The van der Waals surface area contributed by atoms with Crippen molar-refractivity contribution >= 4 is 0 Å². The number of ether oxygens (including phenoxy) is 1.